The molecular formula is C24H31N7O2. The molecule has 0 unspecified atom stereocenters. The van der Waals surface area contributed by atoms with E-state index in [9.17, 15) is 5.26 Å². The fraction of sp³-hybridized carbons (Fsp3) is 0.458. The highest BCUT2D eigenvalue weighted by molar-refractivity contribution is 5.88. The number of unbranched alkanes of at least 4 members (excludes halogenated alkanes) is 1. The summed E-state index contributed by atoms with van der Waals surface area (Å²) < 4.78 is 13.2. The summed E-state index contributed by atoms with van der Waals surface area (Å²) in [5.41, 5.74) is 15.3. The number of methoxy groups -OCH3 is 1. The van der Waals surface area contributed by atoms with E-state index in [1.807, 2.05) is 10.6 Å². The Kier molecular flexibility index (Phi) is 6.96. The molecule has 1 fully saturated rings. The van der Waals surface area contributed by atoms with E-state index in [1.165, 1.54) is 5.56 Å². The van der Waals surface area contributed by atoms with Gasteiger partial charge in [0.05, 0.1) is 25.6 Å². The van der Waals surface area contributed by atoms with Gasteiger partial charge in [-0.2, -0.15) is 15.2 Å². The summed E-state index contributed by atoms with van der Waals surface area (Å²) >= 11 is 0. The number of nitrogens with two attached hydrogens (primary N) is 2. The molecule has 1 atom stereocenters. The molecule has 0 spiro atoms. The number of benzene rings is 1. The smallest absolute Gasteiger partial charge is 0.320 e. The minimum atomic E-state index is 0.225. The number of aromatic nitrogens is 3. The topological polar surface area (TPSA) is 128 Å². The van der Waals surface area contributed by atoms with Crippen LogP contribution in [0.3, 0.4) is 0 Å². The number of anilines is 1. The summed E-state index contributed by atoms with van der Waals surface area (Å²) in [4.78, 5) is 11.2. The Morgan fingerprint density at radius 2 is 2.09 bits per heavy atom. The Bertz CT molecular complexity index is 1170. The Morgan fingerprint density at radius 3 is 2.79 bits per heavy atom. The van der Waals surface area contributed by atoms with Crippen molar-refractivity contribution in [3.63, 3.8) is 0 Å². The molecule has 1 aromatic carbocycles. The zero-order chi connectivity index (χ0) is 23.4. The van der Waals surface area contributed by atoms with Gasteiger partial charge >= 0.3 is 6.01 Å². The quantitative estimate of drug-likeness (QED) is 0.477. The molecule has 1 aliphatic rings. The molecule has 0 radical (unpaired) electrons. The first-order chi connectivity index (χ1) is 16.0. The lowest BCUT2D eigenvalue weighted by molar-refractivity contribution is 0.286. The third kappa shape index (κ3) is 5.02. The van der Waals surface area contributed by atoms with Crippen LogP contribution in [-0.4, -0.2) is 52.3 Å². The van der Waals surface area contributed by atoms with Gasteiger partial charge in [-0.05, 0) is 30.5 Å². The second-order valence-electron chi connectivity index (χ2n) is 8.49. The number of hydrogen-bond donors (Lipinski definition) is 2. The van der Waals surface area contributed by atoms with Gasteiger partial charge in [0.1, 0.15) is 23.3 Å². The lowest BCUT2D eigenvalue weighted by Gasteiger charge is -2.17. The van der Waals surface area contributed by atoms with Crippen LogP contribution in [0.25, 0.3) is 11.0 Å². The van der Waals surface area contributed by atoms with Gasteiger partial charge in [0.25, 0.3) is 0 Å². The molecule has 9 heteroatoms. The Balaban J connectivity index is 1.63. The van der Waals surface area contributed by atoms with E-state index in [1.54, 1.807) is 13.2 Å². The molecule has 2 aromatic heterocycles. The highest BCUT2D eigenvalue weighted by Crippen LogP contribution is 2.29. The van der Waals surface area contributed by atoms with Crippen LogP contribution in [0.4, 0.5) is 5.82 Å². The van der Waals surface area contributed by atoms with Crippen LogP contribution in [0, 0.1) is 11.3 Å². The van der Waals surface area contributed by atoms with E-state index in [4.69, 9.17) is 20.9 Å². The molecule has 174 valence electrons. The van der Waals surface area contributed by atoms with E-state index < -0.39 is 0 Å². The van der Waals surface area contributed by atoms with Crippen LogP contribution in [0.1, 0.15) is 43.0 Å². The normalized spacial score (nSPS) is 16.2. The van der Waals surface area contributed by atoms with E-state index in [2.05, 4.69) is 40.0 Å². The first-order valence-corrected chi connectivity index (χ1v) is 11.4. The number of hydrogen-bond acceptors (Lipinski definition) is 8. The summed E-state index contributed by atoms with van der Waals surface area (Å²) in [7, 11) is 1.66. The number of nitrogen functional groups attached to an aromatic ring is 1. The molecule has 0 amide bonds. The van der Waals surface area contributed by atoms with Gasteiger partial charge in [-0.25, -0.2) is 0 Å². The highest BCUT2D eigenvalue weighted by atomic mass is 16.5. The molecule has 0 saturated carbocycles. The van der Waals surface area contributed by atoms with Crippen molar-refractivity contribution in [2.75, 3.05) is 32.5 Å². The first kappa shape index (κ1) is 22.8. The van der Waals surface area contributed by atoms with Crippen LogP contribution < -0.4 is 20.9 Å². The molecule has 9 nitrogen and oxygen atoms in total. The van der Waals surface area contributed by atoms with E-state index in [0.717, 1.165) is 50.2 Å². The zero-order valence-electron chi connectivity index (χ0n) is 19.3. The predicted molar refractivity (Wildman–Crippen MR) is 127 cm³/mol. The van der Waals surface area contributed by atoms with Gasteiger partial charge in [0.2, 0.25) is 0 Å². The van der Waals surface area contributed by atoms with Gasteiger partial charge in [-0.15, -0.1) is 0 Å². The largest absolute Gasteiger partial charge is 0.496 e. The maximum absolute atomic E-state index is 9.74. The summed E-state index contributed by atoms with van der Waals surface area (Å²) in [6, 6.07) is 10.6. The van der Waals surface area contributed by atoms with E-state index >= 15 is 0 Å². The number of likely N-dealkylation sites (tertiary alicyclic amines) is 1. The number of nitriles is 1. The third-order valence-electron chi connectivity index (χ3n) is 6.00. The summed E-state index contributed by atoms with van der Waals surface area (Å²) in [5.74, 6) is 1.07. The number of nitrogens with zero attached hydrogens (tertiary/aromatic N) is 5. The Labute approximate surface area is 193 Å². The monoisotopic (exact) mass is 449 g/mol. The average molecular weight is 450 g/mol. The molecule has 4 rings (SSSR count). The summed E-state index contributed by atoms with van der Waals surface area (Å²) in [5, 5.41) is 10.4. The molecule has 3 aromatic rings. The van der Waals surface area contributed by atoms with Crippen LogP contribution >= 0.6 is 0 Å². The maximum Gasteiger partial charge on any atom is 0.320 e. The number of rotatable bonds is 9. The predicted octanol–water partition coefficient (Wildman–Crippen LogP) is 2.65. The third-order valence-corrected chi connectivity index (χ3v) is 6.00. The van der Waals surface area contributed by atoms with Gasteiger partial charge in [-0.3, -0.25) is 4.90 Å². The SMILES string of the molecule is CCCCOc1nc(N)c2cc(C#N)n(Cc3ccc(CN4CC[C@H](N)C4)cc3OC)c2n1. The van der Waals surface area contributed by atoms with Crippen molar-refractivity contribution >= 4 is 16.9 Å². The first-order valence-electron chi connectivity index (χ1n) is 11.4. The van der Waals surface area contributed by atoms with Crippen LogP contribution in [-0.2, 0) is 13.1 Å². The molecule has 1 saturated heterocycles. The fourth-order valence-electron chi connectivity index (χ4n) is 4.20. The summed E-state index contributed by atoms with van der Waals surface area (Å²) in [6.45, 7) is 5.78. The van der Waals surface area contributed by atoms with E-state index in [0.29, 0.717) is 35.7 Å². The Hall–Kier alpha value is -3.35. The van der Waals surface area contributed by atoms with Crippen molar-refractivity contribution in [3.8, 4) is 17.8 Å². The van der Waals surface area contributed by atoms with E-state index in [-0.39, 0.29) is 12.1 Å². The average Bonchev–Trinajstić information content (AvgIpc) is 3.38. The standard InChI is InChI=1S/C24H31N7O2/c1-3-4-9-33-24-28-22(27)20-11-19(12-25)31(23(20)29-24)14-17-6-5-16(10-21(17)32-2)13-30-8-7-18(26)15-30/h5-6,10-11,18H,3-4,7-9,13-15,26H2,1-2H3,(H2,27,28,29)/t18-/m0/s1. The molecule has 33 heavy (non-hydrogen) atoms. The van der Waals surface area contributed by atoms with Gasteiger partial charge in [-0.1, -0.05) is 25.5 Å². The van der Waals surface area contributed by atoms with Gasteiger partial charge < -0.3 is 25.5 Å². The van der Waals surface area contributed by atoms with Crippen molar-refractivity contribution in [2.24, 2.45) is 5.73 Å². The molecule has 4 N–H and O–H groups in total. The molecule has 0 aliphatic carbocycles. The lowest BCUT2D eigenvalue weighted by atomic mass is 10.1. The van der Waals surface area contributed by atoms with Gasteiger partial charge in [0, 0.05) is 31.2 Å². The molecule has 0 bridgehead atoms. The molecular weight excluding hydrogens is 418 g/mol. The van der Waals surface area contributed by atoms with Crippen molar-refractivity contribution in [2.45, 2.75) is 45.3 Å². The van der Waals surface area contributed by atoms with Crippen LogP contribution in [0.15, 0.2) is 24.3 Å². The second kappa shape index (κ2) is 10.1. The van der Waals surface area contributed by atoms with Crippen molar-refractivity contribution < 1.29 is 9.47 Å². The van der Waals surface area contributed by atoms with Crippen LogP contribution in [0.5, 0.6) is 11.8 Å². The van der Waals surface area contributed by atoms with Crippen molar-refractivity contribution in [1.29, 1.82) is 5.26 Å². The molecule has 3 heterocycles. The minimum Gasteiger partial charge on any atom is -0.496 e. The maximum atomic E-state index is 9.74. The lowest BCUT2D eigenvalue weighted by Crippen LogP contribution is -2.26. The highest BCUT2D eigenvalue weighted by Gasteiger charge is 2.20. The number of fused-ring (bicyclic) bond motifs is 1. The Morgan fingerprint density at radius 1 is 1.24 bits per heavy atom. The van der Waals surface area contributed by atoms with Crippen molar-refractivity contribution in [3.05, 3.63) is 41.1 Å². The van der Waals surface area contributed by atoms with Crippen molar-refractivity contribution in [1.82, 2.24) is 19.4 Å². The summed E-state index contributed by atoms with van der Waals surface area (Å²) in [6.07, 6.45) is 2.94. The van der Waals surface area contributed by atoms with Crippen LogP contribution in [0.2, 0.25) is 0 Å². The fourth-order valence-corrected chi connectivity index (χ4v) is 4.20. The van der Waals surface area contributed by atoms with Gasteiger partial charge in [0.15, 0.2) is 5.65 Å². The second-order valence-corrected chi connectivity index (χ2v) is 8.49. The molecule has 1 aliphatic heterocycles. The zero-order valence-corrected chi connectivity index (χ0v) is 19.3. The minimum absolute atomic E-state index is 0.225. The number of ether oxygens (including phenoxy) is 2.